The quantitative estimate of drug-likeness (QED) is 0.360. The Bertz CT molecular complexity index is 510. The summed E-state index contributed by atoms with van der Waals surface area (Å²) in [4.78, 5) is 23.1. The summed E-state index contributed by atoms with van der Waals surface area (Å²) in [6, 6.07) is 7.09. The molecule has 0 radical (unpaired) electrons. The third-order valence-corrected chi connectivity index (χ3v) is 3.51. The minimum atomic E-state index is -1.06. The van der Waals surface area contributed by atoms with Crippen molar-refractivity contribution in [2.24, 2.45) is 0 Å². The first kappa shape index (κ1) is 16.1. The second kappa shape index (κ2) is 8.27. The van der Waals surface area contributed by atoms with E-state index in [-0.39, 0.29) is 18.0 Å². The molecule has 0 bridgehead atoms. The lowest BCUT2D eigenvalue weighted by Crippen LogP contribution is -2.03. The van der Waals surface area contributed by atoms with Crippen molar-refractivity contribution in [2.45, 2.75) is 11.3 Å². The Morgan fingerprint density at radius 1 is 1.30 bits per heavy atom. The Morgan fingerprint density at radius 3 is 2.60 bits per heavy atom. The highest BCUT2D eigenvalue weighted by Crippen LogP contribution is 2.29. The van der Waals surface area contributed by atoms with Gasteiger partial charge in [-0.1, -0.05) is 18.2 Å². The van der Waals surface area contributed by atoms with Gasteiger partial charge in [0.05, 0.1) is 26.9 Å². The number of thioether (sulfide) groups is 1. The number of esters is 1. The van der Waals surface area contributed by atoms with E-state index in [4.69, 9.17) is 4.74 Å². The molecule has 0 fully saturated rings. The monoisotopic (exact) mass is 296 g/mol. The first-order chi connectivity index (χ1) is 9.60. The van der Waals surface area contributed by atoms with E-state index in [1.54, 1.807) is 12.1 Å². The van der Waals surface area contributed by atoms with E-state index < -0.39 is 5.97 Å². The molecule has 0 heterocycles. The molecule has 0 saturated heterocycles. The Balaban J connectivity index is 2.90. The van der Waals surface area contributed by atoms with Crippen molar-refractivity contribution in [1.29, 1.82) is 0 Å². The molecular weight excluding hydrogens is 280 g/mol. The van der Waals surface area contributed by atoms with Crippen molar-refractivity contribution in [3.05, 3.63) is 36.1 Å². The summed E-state index contributed by atoms with van der Waals surface area (Å²) in [5.74, 6) is -0.836. The minimum absolute atomic E-state index is 0.0775. The highest BCUT2D eigenvalue weighted by molar-refractivity contribution is 7.99. The topological polar surface area (TPSA) is 72.8 Å². The molecule has 20 heavy (non-hydrogen) atoms. The van der Waals surface area contributed by atoms with E-state index in [0.29, 0.717) is 11.3 Å². The van der Waals surface area contributed by atoms with Gasteiger partial charge in [-0.3, -0.25) is 4.79 Å². The number of carboxylic acids is 1. The molecule has 0 aliphatic carbocycles. The van der Waals surface area contributed by atoms with Crippen molar-refractivity contribution in [1.82, 2.24) is 0 Å². The van der Waals surface area contributed by atoms with Crippen LogP contribution in [0, 0.1) is 0 Å². The molecule has 0 spiro atoms. The maximum atomic E-state index is 11.2. The fourth-order valence-electron chi connectivity index (χ4n) is 1.51. The fraction of sp³-hybridized carbons (Fsp3) is 0.286. The maximum absolute atomic E-state index is 11.2. The summed E-state index contributed by atoms with van der Waals surface area (Å²) in [5, 5.41) is 9.20. The van der Waals surface area contributed by atoms with E-state index in [1.807, 2.05) is 12.1 Å². The van der Waals surface area contributed by atoms with Gasteiger partial charge in [0, 0.05) is 16.2 Å². The van der Waals surface area contributed by atoms with E-state index >= 15 is 0 Å². The molecule has 5 nitrogen and oxygen atoms in total. The van der Waals surface area contributed by atoms with Crippen LogP contribution < -0.4 is 0 Å². The molecule has 1 aromatic carbocycles. The Labute approximate surface area is 121 Å². The second-order valence-corrected chi connectivity index (χ2v) is 4.88. The van der Waals surface area contributed by atoms with Gasteiger partial charge in [0.2, 0.25) is 0 Å². The summed E-state index contributed by atoms with van der Waals surface area (Å²) < 4.78 is 9.37. The zero-order chi connectivity index (χ0) is 15.0. The minimum Gasteiger partial charge on any atom is -0.503 e. The molecule has 1 aromatic rings. The van der Waals surface area contributed by atoms with Gasteiger partial charge < -0.3 is 14.6 Å². The van der Waals surface area contributed by atoms with E-state index in [9.17, 15) is 14.7 Å². The number of ether oxygens (including phenoxy) is 2. The summed E-state index contributed by atoms with van der Waals surface area (Å²) in [6.07, 6.45) is 1.47. The number of hydrogen-bond acceptors (Lipinski definition) is 5. The van der Waals surface area contributed by atoms with Crippen molar-refractivity contribution >= 4 is 29.3 Å². The van der Waals surface area contributed by atoms with Gasteiger partial charge in [-0.2, -0.15) is 0 Å². The molecule has 0 saturated carbocycles. The summed E-state index contributed by atoms with van der Waals surface area (Å²) in [7, 11) is 2.74. The van der Waals surface area contributed by atoms with Crippen LogP contribution in [0.15, 0.2) is 35.4 Å². The number of rotatable bonds is 7. The number of carbonyl (C=O) groups excluding carboxylic acids is 1. The van der Waals surface area contributed by atoms with Crippen LogP contribution in [0.3, 0.4) is 0 Å². The van der Waals surface area contributed by atoms with Crippen molar-refractivity contribution < 1.29 is 24.2 Å². The van der Waals surface area contributed by atoms with Crippen LogP contribution in [0.25, 0.3) is 5.57 Å². The Hall–Kier alpha value is -1.95. The smallest absolute Gasteiger partial charge is 0.339 e. The molecule has 6 heteroatoms. The number of carbonyl (C=O) groups is 2. The zero-order valence-corrected chi connectivity index (χ0v) is 12.1. The lowest BCUT2D eigenvalue weighted by molar-refractivity contribution is -0.140. The predicted octanol–water partition coefficient (Wildman–Crippen LogP) is 2.41. The average Bonchev–Trinajstić information content (AvgIpc) is 2.45. The van der Waals surface area contributed by atoms with Crippen molar-refractivity contribution in [3.8, 4) is 0 Å². The molecule has 0 amide bonds. The number of methoxy groups -OCH3 is 2. The molecule has 0 aliphatic rings. The first-order valence-electron chi connectivity index (χ1n) is 5.85. The van der Waals surface area contributed by atoms with Crippen LogP contribution >= 0.6 is 11.8 Å². The fourth-order valence-corrected chi connectivity index (χ4v) is 2.51. The molecule has 1 N–H and O–H groups in total. The molecule has 108 valence electrons. The SMILES string of the molecule is CO/C=C(/C(=O)O)c1ccccc1SCCC(=O)OC. The molecule has 0 atom stereocenters. The van der Waals surface area contributed by atoms with E-state index in [1.165, 1.54) is 32.2 Å². The lowest BCUT2D eigenvalue weighted by atomic mass is 10.1. The standard InChI is InChI=1S/C14H16O5S/c1-18-9-11(14(16)17)10-5-3-4-6-12(10)20-8-7-13(15)19-2/h3-6,9H,7-8H2,1-2H3,(H,16,17)/b11-9+. The van der Waals surface area contributed by atoms with Gasteiger partial charge in [0.1, 0.15) is 5.57 Å². The maximum Gasteiger partial charge on any atom is 0.339 e. The normalized spacial score (nSPS) is 11.0. The van der Waals surface area contributed by atoms with Gasteiger partial charge in [0.15, 0.2) is 0 Å². The summed E-state index contributed by atoms with van der Waals surface area (Å²) in [6.45, 7) is 0. The third kappa shape index (κ3) is 4.62. The summed E-state index contributed by atoms with van der Waals surface area (Å²) in [5.41, 5.74) is 0.644. The van der Waals surface area contributed by atoms with Gasteiger partial charge in [-0.15, -0.1) is 11.8 Å². The highest BCUT2D eigenvalue weighted by atomic mass is 32.2. The van der Waals surface area contributed by atoms with Crippen LogP contribution in [0.4, 0.5) is 0 Å². The number of hydrogen-bond donors (Lipinski definition) is 1. The zero-order valence-electron chi connectivity index (χ0n) is 11.3. The average molecular weight is 296 g/mol. The van der Waals surface area contributed by atoms with Crippen LogP contribution in [0.1, 0.15) is 12.0 Å². The van der Waals surface area contributed by atoms with Crippen LogP contribution in [-0.2, 0) is 19.1 Å². The van der Waals surface area contributed by atoms with Gasteiger partial charge in [-0.05, 0) is 6.07 Å². The van der Waals surface area contributed by atoms with E-state index in [0.717, 1.165) is 4.90 Å². The van der Waals surface area contributed by atoms with Gasteiger partial charge in [0.25, 0.3) is 0 Å². The van der Waals surface area contributed by atoms with Crippen LogP contribution in [0.2, 0.25) is 0 Å². The Kier molecular flexibility index (Phi) is 6.66. The van der Waals surface area contributed by atoms with Crippen LogP contribution in [0.5, 0.6) is 0 Å². The lowest BCUT2D eigenvalue weighted by Gasteiger charge is -2.09. The predicted molar refractivity (Wildman–Crippen MR) is 76.4 cm³/mol. The van der Waals surface area contributed by atoms with E-state index in [2.05, 4.69) is 4.74 Å². The number of aliphatic carboxylic acids is 1. The molecule has 0 unspecified atom stereocenters. The van der Waals surface area contributed by atoms with Crippen molar-refractivity contribution in [2.75, 3.05) is 20.0 Å². The number of carboxylic acid groups (broad SMARTS) is 1. The van der Waals surface area contributed by atoms with Gasteiger partial charge >= 0.3 is 11.9 Å². The molecule has 0 aromatic heterocycles. The van der Waals surface area contributed by atoms with Crippen LogP contribution in [-0.4, -0.2) is 37.0 Å². The summed E-state index contributed by atoms with van der Waals surface area (Å²) >= 11 is 1.40. The first-order valence-corrected chi connectivity index (χ1v) is 6.84. The molecule has 1 rings (SSSR count). The number of benzene rings is 1. The van der Waals surface area contributed by atoms with Crippen molar-refractivity contribution in [3.63, 3.8) is 0 Å². The third-order valence-electron chi connectivity index (χ3n) is 2.43. The Morgan fingerprint density at radius 2 is 2.00 bits per heavy atom. The molecule has 0 aliphatic heterocycles. The van der Waals surface area contributed by atoms with Gasteiger partial charge in [-0.25, -0.2) is 4.79 Å². The highest BCUT2D eigenvalue weighted by Gasteiger charge is 2.15. The molecular formula is C14H16O5S. The largest absolute Gasteiger partial charge is 0.503 e. The second-order valence-electron chi connectivity index (χ2n) is 3.74.